The molecule has 0 aromatic heterocycles. The topological polar surface area (TPSA) is 169 Å². The summed E-state index contributed by atoms with van der Waals surface area (Å²) in [5, 5.41) is 33.6. The Hall–Kier alpha value is -3.97. The summed E-state index contributed by atoms with van der Waals surface area (Å²) in [6.07, 6.45) is 3.52. The maximum absolute atomic E-state index is 13.4. The quantitative estimate of drug-likeness (QED) is 0.221. The van der Waals surface area contributed by atoms with Crippen LogP contribution in [0.3, 0.4) is 0 Å². The first-order valence-electron chi connectivity index (χ1n) is 13.5. The number of nitrogens with one attached hydrogen (secondary N) is 1. The number of aromatic hydroxyl groups is 1. The number of carbonyl (C=O) groups is 3. The van der Waals surface area contributed by atoms with Crippen LogP contribution in [0.2, 0.25) is 0 Å². The number of phenols is 1. The third-order valence-electron chi connectivity index (χ3n) is 7.31. The van der Waals surface area contributed by atoms with Crippen LogP contribution in [0.25, 0.3) is 0 Å². The minimum atomic E-state index is -1.43. The first-order valence-corrected chi connectivity index (χ1v) is 14.1. The summed E-state index contributed by atoms with van der Waals surface area (Å²) in [6, 6.07) is 12.7. The number of fused-ring (bicyclic) bond motifs is 1. The largest absolute Gasteiger partial charge is 0.508 e. The number of allylic oxidation sites excluding steroid dienone is 2. The van der Waals surface area contributed by atoms with E-state index in [0.29, 0.717) is 17.7 Å². The zero-order chi connectivity index (χ0) is 30.4. The van der Waals surface area contributed by atoms with Crippen molar-refractivity contribution in [3.63, 3.8) is 0 Å². The predicted molar refractivity (Wildman–Crippen MR) is 161 cm³/mol. The number of carboxylic acid groups (broad SMARTS) is 1. The van der Waals surface area contributed by atoms with Crippen molar-refractivity contribution < 1.29 is 29.7 Å². The summed E-state index contributed by atoms with van der Waals surface area (Å²) in [4.78, 5) is 46.1. The van der Waals surface area contributed by atoms with Crippen molar-refractivity contribution in [3.05, 3.63) is 89.5 Å². The monoisotopic (exact) mass is 593 g/mol. The third-order valence-corrected chi connectivity index (χ3v) is 7.71. The highest BCUT2D eigenvalue weighted by atomic mass is 32.1. The van der Waals surface area contributed by atoms with Gasteiger partial charge in [0.15, 0.2) is 6.17 Å². The molecular formula is C30H35N5O6S. The molecule has 1 aliphatic carbocycles. The van der Waals surface area contributed by atoms with Gasteiger partial charge in [0, 0.05) is 30.8 Å². The molecule has 0 spiro atoms. The molecule has 42 heavy (non-hydrogen) atoms. The fourth-order valence-corrected chi connectivity index (χ4v) is 5.22. The molecule has 2 aromatic rings. The van der Waals surface area contributed by atoms with Gasteiger partial charge in [-0.2, -0.15) is 12.6 Å². The zero-order valence-electron chi connectivity index (χ0n) is 23.1. The Labute approximate surface area is 249 Å². The van der Waals surface area contributed by atoms with Gasteiger partial charge < -0.3 is 31.3 Å². The number of amides is 2. The summed E-state index contributed by atoms with van der Waals surface area (Å²) in [7, 11) is 1.49. The van der Waals surface area contributed by atoms with Gasteiger partial charge in [-0.3, -0.25) is 19.5 Å². The fourth-order valence-electron chi connectivity index (χ4n) is 5.07. The molecule has 5 atom stereocenters. The number of nitrogens with zero attached hydrogens (tertiary/aromatic N) is 3. The summed E-state index contributed by atoms with van der Waals surface area (Å²) < 4.78 is 0. The van der Waals surface area contributed by atoms with Crippen LogP contribution in [0.4, 0.5) is 0 Å². The smallest absolute Gasteiger partial charge is 0.326 e. The lowest BCUT2D eigenvalue weighted by atomic mass is 9.90. The molecule has 12 heteroatoms. The van der Waals surface area contributed by atoms with E-state index in [-0.39, 0.29) is 24.5 Å². The van der Waals surface area contributed by atoms with E-state index in [2.05, 4.69) is 17.9 Å². The molecule has 1 heterocycles. The molecule has 0 saturated carbocycles. The molecule has 0 radical (unpaired) electrons. The Morgan fingerprint density at radius 2 is 1.86 bits per heavy atom. The molecule has 5 unspecified atom stereocenters. The van der Waals surface area contributed by atoms with Gasteiger partial charge in [-0.05, 0) is 29.7 Å². The number of carbonyl (C=O) groups excluding carboxylic acids is 2. The number of hydrogen-bond acceptors (Lipinski definition) is 9. The molecule has 2 amide bonds. The van der Waals surface area contributed by atoms with Gasteiger partial charge in [0.2, 0.25) is 11.8 Å². The lowest BCUT2D eigenvalue weighted by molar-refractivity contribution is -0.145. The van der Waals surface area contributed by atoms with Gasteiger partial charge in [0.1, 0.15) is 18.0 Å². The summed E-state index contributed by atoms with van der Waals surface area (Å²) in [5.41, 5.74) is 8.66. The van der Waals surface area contributed by atoms with Crippen molar-refractivity contribution in [2.75, 3.05) is 19.3 Å². The summed E-state index contributed by atoms with van der Waals surface area (Å²) >= 11 is 4.14. The van der Waals surface area contributed by atoms with Crippen LogP contribution in [0.5, 0.6) is 5.75 Å². The van der Waals surface area contributed by atoms with Crippen LogP contribution in [-0.4, -0.2) is 98.5 Å². The maximum atomic E-state index is 13.4. The first-order chi connectivity index (χ1) is 20.1. The van der Waals surface area contributed by atoms with Crippen molar-refractivity contribution >= 4 is 36.1 Å². The second-order valence-corrected chi connectivity index (χ2v) is 10.6. The minimum absolute atomic E-state index is 0.00995. The minimum Gasteiger partial charge on any atom is -0.508 e. The molecular weight excluding hydrogens is 558 g/mol. The third kappa shape index (κ3) is 7.08. The van der Waals surface area contributed by atoms with Gasteiger partial charge in [0.25, 0.3) is 0 Å². The number of carboxylic acids is 1. The van der Waals surface area contributed by atoms with E-state index in [1.807, 2.05) is 48.6 Å². The van der Waals surface area contributed by atoms with E-state index in [4.69, 9.17) is 10.7 Å². The normalized spacial score (nSPS) is 21.7. The van der Waals surface area contributed by atoms with E-state index in [0.717, 1.165) is 11.1 Å². The van der Waals surface area contributed by atoms with Crippen LogP contribution in [0.15, 0.2) is 83.4 Å². The number of likely N-dealkylation sites (N-methyl/N-ethyl adjacent to an activating group) is 1. The van der Waals surface area contributed by atoms with E-state index in [9.17, 15) is 29.7 Å². The molecule has 0 bridgehead atoms. The molecule has 4 rings (SSSR count). The fraction of sp³-hybridized carbons (Fsp3) is 0.333. The number of phenolic OH excluding ortho intramolecular Hbond substituents is 1. The second kappa shape index (κ2) is 13.8. The number of aliphatic hydroxyl groups is 1. The van der Waals surface area contributed by atoms with Crippen molar-refractivity contribution in [3.8, 4) is 5.75 Å². The van der Waals surface area contributed by atoms with Crippen molar-refractivity contribution in [1.29, 1.82) is 0 Å². The molecule has 1 aliphatic heterocycles. The number of nitrogens with two attached hydrogens (primary N) is 1. The van der Waals surface area contributed by atoms with E-state index < -0.39 is 48.3 Å². The van der Waals surface area contributed by atoms with Crippen molar-refractivity contribution in [2.24, 2.45) is 10.7 Å². The molecule has 2 aliphatic rings. The van der Waals surface area contributed by atoms with Gasteiger partial charge in [-0.1, -0.05) is 60.7 Å². The number of rotatable bonds is 10. The highest BCUT2D eigenvalue weighted by Gasteiger charge is 2.42. The number of thiol groups is 1. The molecule has 11 nitrogen and oxygen atoms in total. The number of benzene rings is 2. The SMILES string of the molecule is CN(C(=O)C(N)CS)C1N=C(c2ccccc2)C2=CC=CCC2N(CC(=O)NC(Cc2ccc(O)cc2)C(=O)O)C1O. The van der Waals surface area contributed by atoms with Crippen molar-refractivity contribution in [2.45, 2.75) is 43.4 Å². The average Bonchev–Trinajstić information content (AvgIpc) is 3.11. The van der Waals surface area contributed by atoms with Crippen LogP contribution in [0.1, 0.15) is 17.5 Å². The molecule has 0 fully saturated rings. The lowest BCUT2D eigenvalue weighted by Gasteiger charge is -2.38. The average molecular weight is 594 g/mol. The van der Waals surface area contributed by atoms with Gasteiger partial charge in [-0.15, -0.1) is 0 Å². The van der Waals surface area contributed by atoms with E-state index >= 15 is 0 Å². The van der Waals surface area contributed by atoms with E-state index in [1.54, 1.807) is 12.1 Å². The number of aliphatic carboxylic acids is 1. The second-order valence-electron chi connectivity index (χ2n) is 10.2. The molecule has 222 valence electrons. The predicted octanol–water partition coefficient (Wildman–Crippen LogP) is 0.924. The lowest BCUT2D eigenvalue weighted by Crippen LogP contribution is -2.58. The van der Waals surface area contributed by atoms with Gasteiger partial charge in [0.05, 0.1) is 18.3 Å². The Balaban J connectivity index is 1.66. The Morgan fingerprint density at radius 3 is 2.50 bits per heavy atom. The Kier molecular flexibility index (Phi) is 10.2. The molecule has 6 N–H and O–H groups in total. The van der Waals surface area contributed by atoms with Crippen LogP contribution in [0, 0.1) is 0 Å². The Morgan fingerprint density at radius 1 is 1.17 bits per heavy atom. The maximum Gasteiger partial charge on any atom is 0.326 e. The summed E-state index contributed by atoms with van der Waals surface area (Å²) in [5.74, 6) is -2.21. The highest BCUT2D eigenvalue weighted by molar-refractivity contribution is 7.80. The first kappa shape index (κ1) is 31.0. The number of aliphatic imine (C=N–C) groups is 1. The highest BCUT2D eigenvalue weighted by Crippen LogP contribution is 2.31. The summed E-state index contributed by atoms with van der Waals surface area (Å²) in [6.45, 7) is -0.370. The van der Waals surface area contributed by atoms with Crippen LogP contribution >= 0.6 is 12.6 Å². The number of hydrogen-bond donors (Lipinski definition) is 6. The van der Waals surface area contributed by atoms with Gasteiger partial charge in [-0.25, -0.2) is 4.79 Å². The van der Waals surface area contributed by atoms with Crippen LogP contribution in [-0.2, 0) is 20.8 Å². The molecule has 2 aromatic carbocycles. The Bertz CT molecular complexity index is 1380. The number of aliphatic hydroxyl groups excluding tert-OH is 1. The van der Waals surface area contributed by atoms with E-state index in [1.165, 1.54) is 29.0 Å². The standard InChI is InChI=1S/C30H35N5O6S/c1-34(28(38)22(31)17-42)27-29(39)35(16-25(37)32-23(30(40)41)15-18-11-13-20(36)14-12-18)24-10-6-5-9-21(24)26(33-27)19-7-3-2-4-8-19/h2-9,11-14,22-24,27,29,36,39,42H,10,15-17,31H2,1H3,(H,32,37)(H,40,41). The van der Waals surface area contributed by atoms with Gasteiger partial charge >= 0.3 is 5.97 Å². The van der Waals surface area contributed by atoms with Crippen LogP contribution < -0.4 is 11.1 Å². The zero-order valence-corrected chi connectivity index (χ0v) is 24.0. The van der Waals surface area contributed by atoms with Crippen molar-refractivity contribution in [1.82, 2.24) is 15.1 Å². The molecule has 0 saturated heterocycles.